The van der Waals surface area contributed by atoms with Crippen LogP contribution in [0.4, 0.5) is 0 Å². The van der Waals surface area contributed by atoms with Gasteiger partial charge in [-0.25, -0.2) is 9.98 Å². The molecule has 6 heteroatoms. The fourth-order valence-corrected chi connectivity index (χ4v) is 2.55. The van der Waals surface area contributed by atoms with Crippen LogP contribution in [0.15, 0.2) is 57.7 Å². The van der Waals surface area contributed by atoms with Crippen LogP contribution >= 0.6 is 9.24 Å². The van der Waals surface area contributed by atoms with Gasteiger partial charge >= 0.3 is 0 Å². The topological polar surface area (TPSA) is 66.2 Å². The van der Waals surface area contributed by atoms with Crippen molar-refractivity contribution in [1.29, 1.82) is 0 Å². The predicted octanol–water partition coefficient (Wildman–Crippen LogP) is 2.90. The monoisotopic (exact) mass is 378 g/mol. The lowest BCUT2D eigenvalue weighted by atomic mass is 10.1. The van der Waals surface area contributed by atoms with Crippen LogP contribution in [0.3, 0.4) is 0 Å². The number of nitrogens with one attached hydrogen (secondary N) is 1. The number of dihydropyridines is 1. The summed E-state index contributed by atoms with van der Waals surface area (Å²) in [5.41, 5.74) is 2.07. The number of rotatable bonds is 4. The normalized spacial score (nSPS) is 14.9. The van der Waals surface area contributed by atoms with Gasteiger partial charge in [0.2, 0.25) is 0 Å². The highest BCUT2D eigenvalue weighted by Gasteiger charge is 2.11. The number of benzene rings is 1. The quantitative estimate of drug-likeness (QED) is 0.372. The second-order valence-corrected chi connectivity index (χ2v) is 6.56. The van der Waals surface area contributed by atoms with Crippen LogP contribution in [0.1, 0.15) is 36.2 Å². The largest absolute Gasteiger partial charge is 0.321 e. The molecule has 0 saturated heterocycles. The maximum Gasteiger partial charge on any atom is 0.256 e. The number of amides is 1. The molecule has 0 bridgehead atoms. The average molecular weight is 378 g/mol. The van der Waals surface area contributed by atoms with Crippen LogP contribution in [0.2, 0.25) is 0 Å². The summed E-state index contributed by atoms with van der Waals surface area (Å²) in [6, 6.07) is 5.55. The third-order valence-electron chi connectivity index (χ3n) is 3.62. The smallest absolute Gasteiger partial charge is 0.256 e. The number of allylic oxidation sites excluding steroid dienone is 1. The van der Waals surface area contributed by atoms with Crippen molar-refractivity contribution >= 4 is 38.7 Å². The van der Waals surface area contributed by atoms with Crippen molar-refractivity contribution in [2.45, 2.75) is 20.3 Å². The number of aliphatic imine (C=N–C) groups is 3. The molecule has 2 atom stereocenters. The molecule has 1 aromatic carbocycles. The average Bonchev–Trinajstić information content (AvgIpc) is 2.66. The van der Waals surface area contributed by atoms with E-state index in [0.29, 0.717) is 11.4 Å². The molecule has 1 N–H and O–H groups in total. The van der Waals surface area contributed by atoms with E-state index in [1.54, 1.807) is 25.4 Å². The lowest BCUT2D eigenvalue weighted by Gasteiger charge is -2.10. The van der Waals surface area contributed by atoms with Crippen LogP contribution in [0.5, 0.6) is 0 Å². The van der Waals surface area contributed by atoms with Crippen LogP contribution in [-0.2, 0) is 0 Å². The van der Waals surface area contributed by atoms with E-state index in [-0.39, 0.29) is 11.8 Å². The Bertz CT molecular complexity index is 900. The lowest BCUT2D eigenvalue weighted by Crippen LogP contribution is -2.27. The summed E-state index contributed by atoms with van der Waals surface area (Å²) in [6.45, 7) is 8.05. The van der Waals surface area contributed by atoms with Gasteiger partial charge in [0.1, 0.15) is 5.84 Å². The Hall–Kier alpha value is -2.83. The van der Waals surface area contributed by atoms with Gasteiger partial charge in [0.15, 0.2) is 0 Å². The number of hydrogen-bond acceptors (Lipinski definition) is 3. The van der Waals surface area contributed by atoms with E-state index in [0.717, 1.165) is 29.5 Å². The zero-order chi connectivity index (χ0) is 19.6. The van der Waals surface area contributed by atoms with Crippen molar-refractivity contribution in [3.63, 3.8) is 0 Å². The maximum absolute atomic E-state index is 12.5. The summed E-state index contributed by atoms with van der Waals surface area (Å²) in [4.78, 5) is 24.9. The minimum absolute atomic E-state index is 0.0449. The first-order valence-electron chi connectivity index (χ1n) is 8.61. The molecular formula is C21H23N4OP. The summed E-state index contributed by atoms with van der Waals surface area (Å²) in [5.74, 6) is 6.62. The van der Waals surface area contributed by atoms with E-state index in [1.807, 2.05) is 25.1 Å². The molecule has 5 nitrogen and oxygen atoms in total. The van der Waals surface area contributed by atoms with Crippen LogP contribution in [-0.4, -0.2) is 30.7 Å². The van der Waals surface area contributed by atoms with Gasteiger partial charge in [0, 0.05) is 36.3 Å². The summed E-state index contributed by atoms with van der Waals surface area (Å²) in [5, 5.41) is 3.70. The Morgan fingerprint density at radius 3 is 3.00 bits per heavy atom. The van der Waals surface area contributed by atoms with E-state index >= 15 is 0 Å². The Morgan fingerprint density at radius 2 is 2.30 bits per heavy atom. The summed E-state index contributed by atoms with van der Waals surface area (Å²) >= 11 is 0. The van der Waals surface area contributed by atoms with Crippen molar-refractivity contribution in [2.24, 2.45) is 20.9 Å². The molecule has 0 radical (unpaired) electrons. The molecule has 0 spiro atoms. The summed E-state index contributed by atoms with van der Waals surface area (Å²) in [6.07, 6.45) is 7.68. The molecule has 138 valence electrons. The minimum atomic E-state index is -0.172. The van der Waals surface area contributed by atoms with Gasteiger partial charge in [-0.2, -0.15) is 0 Å². The third kappa shape index (κ3) is 6.77. The van der Waals surface area contributed by atoms with Gasteiger partial charge in [0.05, 0.1) is 11.6 Å². The van der Waals surface area contributed by atoms with Crippen LogP contribution in [0.25, 0.3) is 0 Å². The number of carbonyl (C=O) groups excluding carboxylic acids is 1. The van der Waals surface area contributed by atoms with Gasteiger partial charge in [-0.1, -0.05) is 30.6 Å². The Labute approximate surface area is 162 Å². The lowest BCUT2D eigenvalue weighted by molar-refractivity contribution is 0.0969. The molecule has 1 aliphatic rings. The zero-order valence-electron chi connectivity index (χ0n) is 15.6. The molecule has 0 fully saturated rings. The van der Waals surface area contributed by atoms with E-state index in [1.165, 1.54) is 6.20 Å². The van der Waals surface area contributed by atoms with Crippen molar-refractivity contribution in [3.05, 3.63) is 53.9 Å². The first kappa shape index (κ1) is 20.5. The molecule has 2 unspecified atom stereocenters. The first-order chi connectivity index (χ1) is 13.0. The minimum Gasteiger partial charge on any atom is -0.321 e. The standard InChI is InChI=1S/C21H23N4OP/c1-4-23-16(3)24-13-15(2)7-8-17-9-10-20(27)19(12-17)21(26)25-18-6-5-11-22-14-18/h4,6,9-10,12-15H,1,5,11,27H2,2-3H3,(H,25,26)/b23-16-,24-13-. The number of nitrogens with zero attached hydrogens (tertiary/aromatic N) is 3. The first-order valence-corrected chi connectivity index (χ1v) is 9.19. The Balaban J connectivity index is 2.12. The third-order valence-corrected chi connectivity index (χ3v) is 4.12. The predicted molar refractivity (Wildman–Crippen MR) is 117 cm³/mol. The molecule has 1 aliphatic heterocycles. The highest BCUT2D eigenvalue weighted by Crippen LogP contribution is 2.08. The molecule has 1 amide bonds. The van der Waals surface area contributed by atoms with E-state index < -0.39 is 0 Å². The molecule has 1 aromatic rings. The zero-order valence-corrected chi connectivity index (χ0v) is 16.7. The molecular weight excluding hydrogens is 355 g/mol. The van der Waals surface area contributed by atoms with Gasteiger partial charge in [-0.05, 0) is 37.7 Å². The molecule has 2 rings (SSSR count). The van der Waals surface area contributed by atoms with E-state index in [4.69, 9.17) is 0 Å². The van der Waals surface area contributed by atoms with Crippen molar-refractivity contribution in [2.75, 3.05) is 6.54 Å². The number of carbonyl (C=O) groups is 1. The van der Waals surface area contributed by atoms with Gasteiger partial charge in [-0.15, -0.1) is 9.24 Å². The van der Waals surface area contributed by atoms with Gasteiger partial charge < -0.3 is 5.32 Å². The molecule has 0 aliphatic carbocycles. The Kier molecular flexibility index (Phi) is 7.85. The van der Waals surface area contributed by atoms with E-state index in [9.17, 15) is 4.79 Å². The highest BCUT2D eigenvalue weighted by atomic mass is 31.0. The second-order valence-electron chi connectivity index (χ2n) is 5.93. The second kappa shape index (κ2) is 10.4. The summed E-state index contributed by atoms with van der Waals surface area (Å²) in [7, 11) is 2.58. The molecule has 1 heterocycles. The number of hydrogen-bond donors (Lipinski definition) is 1. The Morgan fingerprint density at radius 1 is 1.48 bits per heavy atom. The van der Waals surface area contributed by atoms with Crippen molar-refractivity contribution < 1.29 is 4.79 Å². The fourth-order valence-electron chi connectivity index (χ4n) is 2.24. The summed E-state index contributed by atoms with van der Waals surface area (Å²) < 4.78 is 0. The van der Waals surface area contributed by atoms with Gasteiger partial charge in [0.25, 0.3) is 5.91 Å². The van der Waals surface area contributed by atoms with Gasteiger partial charge in [-0.3, -0.25) is 9.79 Å². The highest BCUT2D eigenvalue weighted by molar-refractivity contribution is 7.27. The van der Waals surface area contributed by atoms with E-state index in [2.05, 4.69) is 48.0 Å². The molecule has 0 saturated carbocycles. The molecule has 0 aromatic heterocycles. The number of amidine groups is 1. The van der Waals surface area contributed by atoms with Crippen molar-refractivity contribution in [1.82, 2.24) is 5.32 Å². The molecule has 27 heavy (non-hydrogen) atoms. The SMILES string of the molecule is C=C/N=C(C)\N=C/C(C)C#Cc1ccc(P)c(C(=O)NC2=CCCN=C2)c1. The van der Waals surface area contributed by atoms with Crippen LogP contribution < -0.4 is 10.6 Å². The maximum atomic E-state index is 12.5. The fraction of sp³-hybridized carbons (Fsp3) is 0.238. The van der Waals surface area contributed by atoms with Crippen molar-refractivity contribution in [3.8, 4) is 11.8 Å². The van der Waals surface area contributed by atoms with Crippen LogP contribution in [0, 0.1) is 17.8 Å².